The summed E-state index contributed by atoms with van der Waals surface area (Å²) < 4.78 is 0. The number of para-hydroxylation sites is 2. The largest absolute Gasteiger partial charge is 0.384 e. The molecule has 3 rings (SSSR count). The minimum Gasteiger partial charge on any atom is -0.384 e. The van der Waals surface area contributed by atoms with Gasteiger partial charge < -0.3 is 10.6 Å². The lowest BCUT2D eigenvalue weighted by atomic mass is 10.1. The Morgan fingerprint density at radius 2 is 1.71 bits per heavy atom. The molecule has 0 aliphatic heterocycles. The molecule has 0 aliphatic carbocycles. The van der Waals surface area contributed by atoms with Crippen molar-refractivity contribution in [2.45, 2.75) is 0 Å². The molecule has 0 saturated carbocycles. The molecule has 0 atom stereocenters. The van der Waals surface area contributed by atoms with Gasteiger partial charge in [0.2, 0.25) is 0 Å². The number of hydrogen-bond acceptors (Lipinski definition) is 3. The van der Waals surface area contributed by atoms with Crippen molar-refractivity contribution in [3.63, 3.8) is 0 Å². The van der Waals surface area contributed by atoms with E-state index in [4.69, 9.17) is 5.73 Å². The van der Waals surface area contributed by atoms with Gasteiger partial charge in [0, 0.05) is 18.1 Å². The molecule has 0 bridgehead atoms. The fourth-order valence-corrected chi connectivity index (χ4v) is 2.32. The Bertz CT molecular complexity index is 799. The summed E-state index contributed by atoms with van der Waals surface area (Å²) in [5, 5.41) is 0.805. The number of pyridine rings is 1. The highest BCUT2D eigenvalue weighted by atomic mass is 16.2. The van der Waals surface area contributed by atoms with Crippen molar-refractivity contribution in [1.29, 1.82) is 0 Å². The summed E-state index contributed by atoms with van der Waals surface area (Å²) in [6.45, 7) is 0. The summed E-state index contributed by atoms with van der Waals surface area (Å²) >= 11 is 0. The highest BCUT2D eigenvalue weighted by Gasteiger charge is 2.17. The second-order valence-corrected chi connectivity index (χ2v) is 4.81. The maximum absolute atomic E-state index is 12.8. The Hall–Kier alpha value is -2.88. The molecular formula is C17H15N3O. The number of nitrogen functional groups attached to an aromatic ring is 1. The lowest BCUT2D eigenvalue weighted by Crippen LogP contribution is -2.26. The van der Waals surface area contributed by atoms with E-state index >= 15 is 0 Å². The number of rotatable bonds is 2. The molecule has 2 N–H and O–H groups in total. The molecule has 0 radical (unpaired) electrons. The molecule has 0 spiro atoms. The Kier molecular flexibility index (Phi) is 3.28. The number of fused-ring (bicyclic) bond motifs is 1. The van der Waals surface area contributed by atoms with Crippen LogP contribution in [0.2, 0.25) is 0 Å². The normalized spacial score (nSPS) is 10.5. The highest BCUT2D eigenvalue weighted by Crippen LogP contribution is 2.22. The van der Waals surface area contributed by atoms with Crippen LogP contribution in [-0.2, 0) is 0 Å². The lowest BCUT2D eigenvalue weighted by Gasteiger charge is -2.18. The van der Waals surface area contributed by atoms with Gasteiger partial charge in [0.25, 0.3) is 5.91 Å². The van der Waals surface area contributed by atoms with Gasteiger partial charge in [-0.2, -0.15) is 0 Å². The van der Waals surface area contributed by atoms with Crippen LogP contribution in [0.1, 0.15) is 10.4 Å². The molecule has 4 nitrogen and oxygen atoms in total. The summed E-state index contributed by atoms with van der Waals surface area (Å²) in [5.74, 6) is 0.241. The number of amides is 1. The number of hydrogen-bond donors (Lipinski definition) is 1. The van der Waals surface area contributed by atoms with Gasteiger partial charge in [0.1, 0.15) is 5.82 Å². The molecule has 1 heterocycles. The lowest BCUT2D eigenvalue weighted by molar-refractivity contribution is 0.0994. The number of aromatic nitrogens is 1. The molecule has 4 heteroatoms. The fraction of sp³-hybridized carbons (Fsp3) is 0.0588. The topological polar surface area (TPSA) is 59.2 Å². The van der Waals surface area contributed by atoms with Gasteiger partial charge in [-0.1, -0.05) is 36.4 Å². The standard InChI is InChI=1S/C17H15N3O/c1-20(12-7-3-2-4-8-12)17(21)14-11-16(18)19-15-10-6-5-9-13(14)15/h2-11H,1H3,(H2,18,19). The number of carbonyl (C=O) groups excluding carboxylic acids is 1. The van der Waals surface area contributed by atoms with E-state index in [9.17, 15) is 4.79 Å². The van der Waals surface area contributed by atoms with Gasteiger partial charge >= 0.3 is 0 Å². The molecule has 104 valence electrons. The van der Waals surface area contributed by atoms with Crippen LogP contribution in [0.15, 0.2) is 60.7 Å². The highest BCUT2D eigenvalue weighted by molar-refractivity contribution is 6.13. The van der Waals surface area contributed by atoms with E-state index in [1.54, 1.807) is 18.0 Å². The predicted octanol–water partition coefficient (Wildman–Crippen LogP) is 3.09. The second kappa shape index (κ2) is 5.25. The Morgan fingerprint density at radius 3 is 2.48 bits per heavy atom. The first kappa shape index (κ1) is 13.1. The smallest absolute Gasteiger partial charge is 0.258 e. The van der Waals surface area contributed by atoms with E-state index in [0.717, 1.165) is 16.6 Å². The Balaban J connectivity index is 2.10. The zero-order valence-electron chi connectivity index (χ0n) is 11.7. The van der Waals surface area contributed by atoms with Gasteiger partial charge in [-0.05, 0) is 24.3 Å². The fourth-order valence-electron chi connectivity index (χ4n) is 2.32. The first-order valence-corrected chi connectivity index (χ1v) is 6.65. The van der Waals surface area contributed by atoms with Gasteiger partial charge in [-0.3, -0.25) is 4.79 Å². The molecule has 3 aromatic rings. The van der Waals surface area contributed by atoms with Crippen molar-refractivity contribution in [2.75, 3.05) is 17.7 Å². The van der Waals surface area contributed by atoms with E-state index in [0.29, 0.717) is 11.4 Å². The molecule has 21 heavy (non-hydrogen) atoms. The van der Waals surface area contributed by atoms with Gasteiger partial charge in [0.15, 0.2) is 0 Å². The Labute approximate surface area is 122 Å². The van der Waals surface area contributed by atoms with Crippen molar-refractivity contribution < 1.29 is 4.79 Å². The van der Waals surface area contributed by atoms with E-state index in [1.807, 2.05) is 54.6 Å². The third-order valence-electron chi connectivity index (χ3n) is 3.41. The minimum atomic E-state index is -0.105. The summed E-state index contributed by atoms with van der Waals surface area (Å²) in [7, 11) is 1.75. The van der Waals surface area contributed by atoms with Crippen molar-refractivity contribution in [2.24, 2.45) is 0 Å². The quantitative estimate of drug-likeness (QED) is 0.783. The van der Waals surface area contributed by atoms with Crippen LogP contribution >= 0.6 is 0 Å². The molecule has 0 aliphatic rings. The van der Waals surface area contributed by atoms with Crippen LogP contribution in [0, 0.1) is 0 Å². The van der Waals surface area contributed by atoms with E-state index in [-0.39, 0.29) is 5.91 Å². The molecule has 0 fully saturated rings. The SMILES string of the molecule is CN(C(=O)c1cc(N)nc2ccccc12)c1ccccc1. The van der Waals surface area contributed by atoms with Crippen LogP contribution < -0.4 is 10.6 Å². The number of benzene rings is 2. The minimum absolute atomic E-state index is 0.105. The van der Waals surface area contributed by atoms with Crippen LogP contribution in [-0.4, -0.2) is 17.9 Å². The van der Waals surface area contributed by atoms with Gasteiger partial charge in [-0.15, -0.1) is 0 Å². The average Bonchev–Trinajstić information content (AvgIpc) is 2.53. The van der Waals surface area contributed by atoms with Crippen LogP contribution in [0.4, 0.5) is 11.5 Å². The maximum atomic E-state index is 12.8. The zero-order chi connectivity index (χ0) is 14.8. The number of anilines is 2. The van der Waals surface area contributed by atoms with E-state index in [1.165, 1.54) is 0 Å². The molecular weight excluding hydrogens is 262 g/mol. The molecule has 1 amide bonds. The van der Waals surface area contributed by atoms with Crippen LogP contribution in [0.5, 0.6) is 0 Å². The predicted molar refractivity (Wildman–Crippen MR) is 85.3 cm³/mol. The average molecular weight is 277 g/mol. The van der Waals surface area contributed by atoms with Gasteiger partial charge in [0.05, 0.1) is 11.1 Å². The van der Waals surface area contributed by atoms with Crippen LogP contribution in [0.25, 0.3) is 10.9 Å². The van der Waals surface area contributed by atoms with Crippen molar-refractivity contribution in [1.82, 2.24) is 4.98 Å². The molecule has 0 unspecified atom stereocenters. The first-order valence-electron chi connectivity index (χ1n) is 6.65. The number of nitrogens with zero attached hydrogens (tertiary/aromatic N) is 2. The number of carbonyl (C=O) groups is 1. The summed E-state index contributed by atoms with van der Waals surface area (Å²) in [6, 6.07) is 18.6. The maximum Gasteiger partial charge on any atom is 0.258 e. The van der Waals surface area contributed by atoms with Gasteiger partial charge in [-0.25, -0.2) is 4.98 Å². The van der Waals surface area contributed by atoms with E-state index < -0.39 is 0 Å². The van der Waals surface area contributed by atoms with Crippen LogP contribution in [0.3, 0.4) is 0 Å². The summed E-state index contributed by atoms with van der Waals surface area (Å²) in [6.07, 6.45) is 0. The first-order chi connectivity index (χ1) is 10.2. The summed E-state index contributed by atoms with van der Waals surface area (Å²) in [4.78, 5) is 18.6. The second-order valence-electron chi connectivity index (χ2n) is 4.81. The Morgan fingerprint density at radius 1 is 1.05 bits per heavy atom. The third kappa shape index (κ3) is 2.43. The third-order valence-corrected chi connectivity index (χ3v) is 3.41. The molecule has 1 aromatic heterocycles. The zero-order valence-corrected chi connectivity index (χ0v) is 11.7. The molecule has 2 aromatic carbocycles. The summed E-state index contributed by atoms with van der Waals surface area (Å²) in [5.41, 5.74) is 7.94. The monoisotopic (exact) mass is 277 g/mol. The van der Waals surface area contributed by atoms with E-state index in [2.05, 4.69) is 4.98 Å². The van der Waals surface area contributed by atoms with Crippen molar-refractivity contribution >= 4 is 28.3 Å². The molecule has 0 saturated heterocycles. The van der Waals surface area contributed by atoms with Crippen molar-refractivity contribution in [3.8, 4) is 0 Å². The number of nitrogens with two attached hydrogens (primary N) is 1. The van der Waals surface area contributed by atoms with Crippen molar-refractivity contribution in [3.05, 3.63) is 66.2 Å².